The fraction of sp³-hybridized carbons (Fsp3) is 1.00. The Labute approximate surface area is 200 Å². The topological polar surface area (TPSA) is 0 Å². The molecule has 0 saturated heterocycles. The highest BCUT2D eigenvalue weighted by molar-refractivity contribution is 4.72. The Bertz CT molecular complexity index is 397. The number of hydrogen-bond acceptors (Lipinski definition) is 0. The Kier molecular flexibility index (Phi) is 17.5. The van der Waals surface area contributed by atoms with Crippen LogP contribution in [0, 0.1) is 53.3 Å². The van der Waals surface area contributed by atoms with Crippen LogP contribution in [0.4, 0.5) is 0 Å². The summed E-state index contributed by atoms with van der Waals surface area (Å²) in [7, 11) is 0. The maximum absolute atomic E-state index is 2.52. The second-order valence-electron chi connectivity index (χ2n) is 12.7. The molecule has 0 rings (SSSR count). The minimum absolute atomic E-state index is 0.852. The Hall–Kier alpha value is 0. The van der Waals surface area contributed by atoms with E-state index in [0.717, 1.165) is 53.3 Å². The Morgan fingerprint density at radius 2 is 0.548 bits per heavy atom. The first-order valence-corrected chi connectivity index (χ1v) is 14.5. The molecule has 8 atom stereocenters. The van der Waals surface area contributed by atoms with Gasteiger partial charge in [-0.25, -0.2) is 0 Å². The van der Waals surface area contributed by atoms with Gasteiger partial charge in [0, 0.05) is 0 Å². The van der Waals surface area contributed by atoms with E-state index < -0.39 is 0 Å². The lowest BCUT2D eigenvalue weighted by molar-refractivity contribution is 0.237. The summed E-state index contributed by atoms with van der Waals surface area (Å²) < 4.78 is 0. The van der Waals surface area contributed by atoms with Crippen molar-refractivity contribution in [2.45, 2.75) is 147 Å². The van der Waals surface area contributed by atoms with E-state index in [1.807, 2.05) is 0 Å². The van der Waals surface area contributed by atoms with Crippen LogP contribution >= 0.6 is 0 Å². The van der Waals surface area contributed by atoms with E-state index >= 15 is 0 Å². The molecule has 0 fully saturated rings. The Morgan fingerprint density at radius 1 is 0.323 bits per heavy atom. The average molecular weight is 437 g/mol. The van der Waals surface area contributed by atoms with Crippen LogP contribution in [0.25, 0.3) is 0 Å². The lowest BCUT2D eigenvalue weighted by Crippen LogP contribution is -2.16. The molecule has 31 heavy (non-hydrogen) atoms. The van der Waals surface area contributed by atoms with Crippen LogP contribution in [-0.4, -0.2) is 0 Å². The highest BCUT2D eigenvalue weighted by Gasteiger charge is 2.20. The molecule has 0 radical (unpaired) electrons. The van der Waals surface area contributed by atoms with Gasteiger partial charge in [-0.1, -0.05) is 147 Å². The minimum Gasteiger partial charge on any atom is -0.0654 e. The van der Waals surface area contributed by atoms with Crippen LogP contribution in [0.5, 0.6) is 0 Å². The number of rotatable bonds is 19. The molecule has 0 amide bonds. The third-order valence-corrected chi connectivity index (χ3v) is 9.33. The van der Waals surface area contributed by atoms with E-state index in [9.17, 15) is 0 Å². The van der Waals surface area contributed by atoms with Gasteiger partial charge in [0.15, 0.2) is 0 Å². The number of hydrogen-bond donors (Lipinski definition) is 0. The summed E-state index contributed by atoms with van der Waals surface area (Å²) in [5, 5.41) is 0. The van der Waals surface area contributed by atoms with E-state index in [4.69, 9.17) is 0 Å². The summed E-state index contributed by atoms with van der Waals surface area (Å²) in [6.07, 6.45) is 15.5. The second-order valence-corrected chi connectivity index (χ2v) is 12.7. The van der Waals surface area contributed by atoms with Crippen LogP contribution in [0.1, 0.15) is 147 Å². The molecule has 0 nitrogen and oxygen atoms in total. The maximum atomic E-state index is 2.52. The molecule has 0 aliphatic heterocycles. The van der Waals surface area contributed by atoms with E-state index in [-0.39, 0.29) is 0 Å². The van der Waals surface area contributed by atoms with Crippen LogP contribution in [0.2, 0.25) is 0 Å². The van der Waals surface area contributed by atoms with Gasteiger partial charge in [0.25, 0.3) is 0 Å². The fourth-order valence-electron chi connectivity index (χ4n) is 4.98. The molecule has 188 valence electrons. The van der Waals surface area contributed by atoms with Gasteiger partial charge in [0.05, 0.1) is 0 Å². The molecule has 0 aliphatic rings. The zero-order chi connectivity index (χ0) is 24.0. The normalized spacial score (nSPS) is 20.1. The van der Waals surface area contributed by atoms with Crippen molar-refractivity contribution < 1.29 is 0 Å². The van der Waals surface area contributed by atoms with Gasteiger partial charge >= 0.3 is 0 Å². The molecule has 8 unspecified atom stereocenters. The molecule has 0 aliphatic carbocycles. The van der Waals surface area contributed by atoms with Crippen molar-refractivity contribution in [3.05, 3.63) is 0 Å². The van der Waals surface area contributed by atoms with Gasteiger partial charge < -0.3 is 0 Å². The lowest BCUT2D eigenvalue weighted by Gasteiger charge is -2.27. The van der Waals surface area contributed by atoms with Crippen molar-refractivity contribution in [1.82, 2.24) is 0 Å². The lowest BCUT2D eigenvalue weighted by atomic mass is 9.78. The molecule has 0 heteroatoms. The standard InChI is InChI=1S/C31H64/c1-12-13-14-24(4)26(6)17-18-28(8)30(10)21-22-31(11)29(9)20-19-27(7)25(5)16-15-23(2)3/h23-31H,12-22H2,1-11H3. The third kappa shape index (κ3) is 14.7. The molecule has 0 aromatic heterocycles. The van der Waals surface area contributed by atoms with Crippen molar-refractivity contribution in [3.63, 3.8) is 0 Å². The molecular formula is C31H64. The van der Waals surface area contributed by atoms with E-state index in [2.05, 4.69) is 76.2 Å². The highest BCUT2D eigenvalue weighted by Crippen LogP contribution is 2.32. The number of unbranched alkanes of at least 4 members (excludes halogenated alkanes) is 1. The Morgan fingerprint density at radius 3 is 0.774 bits per heavy atom. The third-order valence-electron chi connectivity index (χ3n) is 9.33. The largest absolute Gasteiger partial charge is 0.0654 e. The smallest absolute Gasteiger partial charge is 0.0417 e. The van der Waals surface area contributed by atoms with Crippen molar-refractivity contribution in [2.75, 3.05) is 0 Å². The van der Waals surface area contributed by atoms with Crippen molar-refractivity contribution >= 4 is 0 Å². The van der Waals surface area contributed by atoms with Crippen molar-refractivity contribution in [1.29, 1.82) is 0 Å². The summed E-state index contributed by atoms with van der Waals surface area (Å²) >= 11 is 0. The molecule has 0 saturated carbocycles. The van der Waals surface area contributed by atoms with E-state index in [1.165, 1.54) is 70.6 Å². The van der Waals surface area contributed by atoms with E-state index in [1.54, 1.807) is 0 Å². The summed E-state index contributed by atoms with van der Waals surface area (Å²) in [5.41, 5.74) is 0. The van der Waals surface area contributed by atoms with Crippen LogP contribution in [-0.2, 0) is 0 Å². The van der Waals surface area contributed by atoms with Crippen LogP contribution < -0.4 is 0 Å². The second kappa shape index (κ2) is 17.5. The predicted molar refractivity (Wildman–Crippen MR) is 145 cm³/mol. The van der Waals surface area contributed by atoms with Gasteiger partial charge in [0.1, 0.15) is 0 Å². The zero-order valence-electron chi connectivity index (χ0n) is 24.0. The van der Waals surface area contributed by atoms with Crippen LogP contribution in [0.3, 0.4) is 0 Å². The van der Waals surface area contributed by atoms with E-state index in [0.29, 0.717) is 0 Å². The summed E-state index contributed by atoms with van der Waals surface area (Å²) in [6.45, 7) is 27.1. The first kappa shape index (κ1) is 31.0. The van der Waals surface area contributed by atoms with Gasteiger partial charge in [0.2, 0.25) is 0 Å². The fourth-order valence-corrected chi connectivity index (χ4v) is 4.98. The first-order valence-electron chi connectivity index (χ1n) is 14.5. The molecule has 0 N–H and O–H groups in total. The zero-order valence-corrected chi connectivity index (χ0v) is 24.0. The highest BCUT2D eigenvalue weighted by atomic mass is 14.3. The minimum atomic E-state index is 0.852. The van der Waals surface area contributed by atoms with Crippen LogP contribution in [0.15, 0.2) is 0 Å². The van der Waals surface area contributed by atoms with Gasteiger partial charge in [-0.05, 0) is 53.3 Å². The van der Waals surface area contributed by atoms with Gasteiger partial charge in [-0.3, -0.25) is 0 Å². The predicted octanol–water partition coefficient (Wildman–Crippen LogP) is 11.0. The molecule has 0 aromatic rings. The molecule has 0 aromatic carbocycles. The molecule has 0 spiro atoms. The van der Waals surface area contributed by atoms with Gasteiger partial charge in [-0.15, -0.1) is 0 Å². The summed E-state index contributed by atoms with van der Waals surface area (Å²) in [6, 6.07) is 0. The quantitative estimate of drug-likeness (QED) is 0.189. The van der Waals surface area contributed by atoms with Gasteiger partial charge in [-0.2, -0.15) is 0 Å². The SMILES string of the molecule is CCCCC(C)C(C)CCC(C)C(C)CCC(C)C(C)CCC(C)C(C)CCC(C)C. The van der Waals surface area contributed by atoms with Crippen molar-refractivity contribution in [2.24, 2.45) is 53.3 Å². The monoisotopic (exact) mass is 437 g/mol. The maximum Gasteiger partial charge on any atom is -0.0417 e. The average Bonchev–Trinajstić information content (AvgIpc) is 2.74. The Balaban J connectivity index is 4.15. The first-order chi connectivity index (χ1) is 14.5. The molecule has 0 bridgehead atoms. The summed E-state index contributed by atoms with van der Waals surface area (Å²) in [4.78, 5) is 0. The molecule has 0 heterocycles. The summed E-state index contributed by atoms with van der Waals surface area (Å²) in [5.74, 6) is 7.93. The van der Waals surface area contributed by atoms with Crippen molar-refractivity contribution in [3.8, 4) is 0 Å². The molecular weight excluding hydrogens is 372 g/mol.